The van der Waals surface area contributed by atoms with Crippen molar-refractivity contribution in [3.05, 3.63) is 35.4 Å². The van der Waals surface area contributed by atoms with E-state index in [2.05, 4.69) is 47.6 Å². The Balaban J connectivity index is 1.57. The molecule has 2 aliphatic carbocycles. The van der Waals surface area contributed by atoms with Gasteiger partial charge in [0.2, 0.25) is 0 Å². The maximum absolute atomic E-state index is 3.90. The zero-order chi connectivity index (χ0) is 13.8. The van der Waals surface area contributed by atoms with Crippen molar-refractivity contribution < 1.29 is 0 Å². The quantitative estimate of drug-likeness (QED) is 0.891. The summed E-state index contributed by atoms with van der Waals surface area (Å²) in [5.74, 6) is 0. The van der Waals surface area contributed by atoms with Gasteiger partial charge in [-0.25, -0.2) is 0 Å². The van der Waals surface area contributed by atoms with Crippen LogP contribution in [0.2, 0.25) is 0 Å². The predicted octanol–water partition coefficient (Wildman–Crippen LogP) is 4.20. The molecule has 110 valence electrons. The molecular weight excluding hydrogens is 262 g/mol. The molecule has 1 N–H and O–H groups in total. The fourth-order valence-electron chi connectivity index (χ4n) is 3.85. The number of thioether (sulfide) groups is 1. The largest absolute Gasteiger partial charge is 0.312 e. The molecule has 2 heteroatoms. The first-order chi connectivity index (χ1) is 9.81. The van der Waals surface area contributed by atoms with Gasteiger partial charge in [0, 0.05) is 17.3 Å². The highest BCUT2D eigenvalue weighted by Gasteiger charge is 2.31. The molecular formula is C18H27NS. The lowest BCUT2D eigenvalue weighted by molar-refractivity contribution is 0.350. The SMILES string of the molecule is CSC1(CNC2CCc3ccccc3C2)CCCCC1. The lowest BCUT2D eigenvalue weighted by Gasteiger charge is -2.38. The summed E-state index contributed by atoms with van der Waals surface area (Å²) < 4.78 is 0.523. The number of benzene rings is 1. The summed E-state index contributed by atoms with van der Waals surface area (Å²) in [6.07, 6.45) is 13.2. The van der Waals surface area contributed by atoms with Crippen molar-refractivity contribution in [1.29, 1.82) is 0 Å². The van der Waals surface area contributed by atoms with Crippen LogP contribution >= 0.6 is 11.8 Å². The van der Waals surface area contributed by atoms with Crippen molar-refractivity contribution in [2.24, 2.45) is 0 Å². The normalized spacial score (nSPS) is 25.1. The Kier molecular flexibility index (Phi) is 4.72. The molecule has 1 aromatic rings. The fraction of sp³-hybridized carbons (Fsp3) is 0.667. The Morgan fingerprint density at radius 2 is 1.90 bits per heavy atom. The molecule has 0 spiro atoms. The van der Waals surface area contributed by atoms with Crippen LogP contribution in [0.3, 0.4) is 0 Å². The third kappa shape index (κ3) is 3.23. The van der Waals surface area contributed by atoms with Crippen LogP contribution in [0.4, 0.5) is 0 Å². The molecule has 0 aliphatic heterocycles. The van der Waals surface area contributed by atoms with Crippen LogP contribution in [0, 0.1) is 0 Å². The lowest BCUT2D eigenvalue weighted by Crippen LogP contribution is -2.45. The average molecular weight is 289 g/mol. The van der Waals surface area contributed by atoms with E-state index >= 15 is 0 Å². The van der Waals surface area contributed by atoms with Gasteiger partial charge >= 0.3 is 0 Å². The molecule has 0 radical (unpaired) electrons. The molecule has 1 fully saturated rings. The first-order valence-electron chi connectivity index (χ1n) is 8.17. The van der Waals surface area contributed by atoms with E-state index in [9.17, 15) is 0 Å². The van der Waals surface area contributed by atoms with Gasteiger partial charge in [-0.1, -0.05) is 43.5 Å². The first-order valence-corrected chi connectivity index (χ1v) is 9.39. The van der Waals surface area contributed by atoms with Gasteiger partial charge in [-0.05, 0) is 49.5 Å². The molecule has 0 aromatic heterocycles. The molecule has 3 rings (SSSR count). The highest BCUT2D eigenvalue weighted by Crippen LogP contribution is 2.38. The highest BCUT2D eigenvalue weighted by molar-refractivity contribution is 8.00. The van der Waals surface area contributed by atoms with E-state index < -0.39 is 0 Å². The molecule has 1 atom stereocenters. The highest BCUT2D eigenvalue weighted by atomic mass is 32.2. The molecule has 0 heterocycles. The Bertz CT molecular complexity index is 437. The number of rotatable bonds is 4. The summed E-state index contributed by atoms with van der Waals surface area (Å²) in [6, 6.07) is 9.67. The number of fused-ring (bicyclic) bond motifs is 1. The predicted molar refractivity (Wildman–Crippen MR) is 89.6 cm³/mol. The van der Waals surface area contributed by atoms with Gasteiger partial charge in [0.05, 0.1) is 0 Å². The van der Waals surface area contributed by atoms with E-state index in [4.69, 9.17) is 0 Å². The van der Waals surface area contributed by atoms with Crippen LogP contribution in [0.1, 0.15) is 49.7 Å². The number of aryl methyl sites for hydroxylation is 1. The summed E-state index contributed by atoms with van der Waals surface area (Å²) in [5.41, 5.74) is 3.14. The monoisotopic (exact) mass is 289 g/mol. The second kappa shape index (κ2) is 6.53. The van der Waals surface area contributed by atoms with E-state index in [0.717, 1.165) is 0 Å². The number of nitrogens with one attached hydrogen (secondary N) is 1. The van der Waals surface area contributed by atoms with Crippen molar-refractivity contribution in [2.45, 2.75) is 62.2 Å². The summed E-state index contributed by atoms with van der Waals surface area (Å²) in [7, 11) is 0. The van der Waals surface area contributed by atoms with Crippen molar-refractivity contribution >= 4 is 11.8 Å². The molecule has 0 saturated heterocycles. The zero-order valence-electron chi connectivity index (χ0n) is 12.7. The number of hydrogen-bond acceptors (Lipinski definition) is 2. The molecule has 0 amide bonds. The summed E-state index contributed by atoms with van der Waals surface area (Å²) in [5, 5.41) is 3.90. The summed E-state index contributed by atoms with van der Waals surface area (Å²) in [6.45, 7) is 1.21. The average Bonchev–Trinajstić information content (AvgIpc) is 2.54. The maximum Gasteiger partial charge on any atom is 0.0281 e. The van der Waals surface area contributed by atoms with Crippen molar-refractivity contribution in [3.8, 4) is 0 Å². The third-order valence-electron chi connectivity index (χ3n) is 5.26. The smallest absolute Gasteiger partial charge is 0.0281 e. The van der Waals surface area contributed by atoms with Crippen molar-refractivity contribution in [1.82, 2.24) is 5.32 Å². The molecule has 20 heavy (non-hydrogen) atoms. The Hall–Kier alpha value is -0.470. The van der Waals surface area contributed by atoms with E-state index in [0.29, 0.717) is 10.8 Å². The summed E-state index contributed by atoms with van der Waals surface area (Å²) in [4.78, 5) is 0. The van der Waals surface area contributed by atoms with Gasteiger partial charge in [0.25, 0.3) is 0 Å². The topological polar surface area (TPSA) is 12.0 Å². The fourth-order valence-corrected chi connectivity index (χ4v) is 4.78. The molecule has 1 unspecified atom stereocenters. The van der Waals surface area contributed by atoms with Crippen LogP contribution < -0.4 is 5.32 Å². The minimum Gasteiger partial charge on any atom is -0.312 e. The molecule has 2 aliphatic rings. The van der Waals surface area contributed by atoms with Gasteiger partial charge in [-0.2, -0.15) is 11.8 Å². The molecule has 1 saturated carbocycles. The van der Waals surface area contributed by atoms with Gasteiger partial charge in [0.15, 0.2) is 0 Å². The Morgan fingerprint density at radius 1 is 1.15 bits per heavy atom. The standard InChI is InChI=1S/C18H27NS/c1-20-18(11-5-2-6-12-18)14-19-17-10-9-15-7-3-4-8-16(15)13-17/h3-4,7-8,17,19H,2,5-6,9-14H2,1H3. The van der Waals surface area contributed by atoms with E-state index in [1.165, 1.54) is 57.9 Å². The third-order valence-corrected chi connectivity index (χ3v) is 6.68. The van der Waals surface area contributed by atoms with Gasteiger partial charge in [0.1, 0.15) is 0 Å². The lowest BCUT2D eigenvalue weighted by atomic mass is 9.86. The second-order valence-corrected chi connectivity index (χ2v) is 7.81. The minimum absolute atomic E-state index is 0.523. The van der Waals surface area contributed by atoms with Gasteiger partial charge in [-0.3, -0.25) is 0 Å². The van der Waals surface area contributed by atoms with E-state index in [1.807, 2.05) is 0 Å². The van der Waals surface area contributed by atoms with Crippen molar-refractivity contribution in [2.75, 3.05) is 12.8 Å². The van der Waals surface area contributed by atoms with Crippen LogP contribution in [0.15, 0.2) is 24.3 Å². The Labute approximate surface area is 127 Å². The van der Waals surface area contributed by atoms with Crippen LogP contribution in [0.5, 0.6) is 0 Å². The maximum atomic E-state index is 3.90. The second-order valence-electron chi connectivity index (χ2n) is 6.54. The van der Waals surface area contributed by atoms with Crippen LogP contribution in [0.25, 0.3) is 0 Å². The zero-order valence-corrected chi connectivity index (χ0v) is 13.5. The van der Waals surface area contributed by atoms with Crippen LogP contribution in [-0.4, -0.2) is 23.6 Å². The van der Waals surface area contributed by atoms with Gasteiger partial charge < -0.3 is 5.32 Å². The molecule has 1 nitrogen and oxygen atoms in total. The van der Waals surface area contributed by atoms with Crippen molar-refractivity contribution in [3.63, 3.8) is 0 Å². The van der Waals surface area contributed by atoms with E-state index in [1.54, 1.807) is 11.1 Å². The first kappa shape index (κ1) is 14.5. The summed E-state index contributed by atoms with van der Waals surface area (Å²) >= 11 is 2.10. The molecule has 0 bridgehead atoms. The van der Waals surface area contributed by atoms with Gasteiger partial charge in [-0.15, -0.1) is 0 Å². The van der Waals surface area contributed by atoms with Crippen LogP contribution in [-0.2, 0) is 12.8 Å². The number of hydrogen-bond donors (Lipinski definition) is 1. The Morgan fingerprint density at radius 3 is 2.65 bits per heavy atom. The van der Waals surface area contributed by atoms with E-state index in [-0.39, 0.29) is 0 Å². The molecule has 1 aromatic carbocycles. The minimum atomic E-state index is 0.523.